The number of hydrogen-bond donors (Lipinski definition) is 1. The van der Waals surface area contributed by atoms with Gasteiger partial charge in [-0.1, -0.05) is 40.2 Å². The summed E-state index contributed by atoms with van der Waals surface area (Å²) in [5, 5.41) is 0. The van der Waals surface area contributed by atoms with Crippen molar-refractivity contribution in [2.24, 2.45) is 17.1 Å². The van der Waals surface area contributed by atoms with Crippen molar-refractivity contribution in [1.82, 2.24) is 4.90 Å². The van der Waals surface area contributed by atoms with Crippen LogP contribution >= 0.6 is 0 Å². The van der Waals surface area contributed by atoms with Gasteiger partial charge in [0.1, 0.15) is 12.0 Å². The van der Waals surface area contributed by atoms with Gasteiger partial charge >= 0.3 is 0 Å². The Balaban J connectivity index is 2.30. The largest absolute Gasteiger partial charge is 0.491 e. The Hall–Kier alpha value is -2.04. The highest BCUT2D eigenvalue weighted by molar-refractivity contribution is 5.92. The fraction of sp³-hybridized carbons (Fsp3) is 0.600. The highest BCUT2D eigenvalue weighted by Crippen LogP contribution is 2.36. The zero-order valence-corrected chi connectivity index (χ0v) is 15.7. The molecule has 0 bridgehead atoms. The Bertz CT molecular complexity index is 623. The SMILES string of the molecule is CCCCOC1=[C]N(CC(C)(C)C)C=C2CC(=O)C(CC(N)=O)C=C12. The highest BCUT2D eigenvalue weighted by atomic mass is 16.5. The molecule has 137 valence electrons. The summed E-state index contributed by atoms with van der Waals surface area (Å²) in [4.78, 5) is 25.6. The van der Waals surface area contributed by atoms with Gasteiger partial charge in [0, 0.05) is 37.1 Å². The summed E-state index contributed by atoms with van der Waals surface area (Å²) < 4.78 is 5.95. The maximum atomic E-state index is 12.4. The Morgan fingerprint density at radius 2 is 2.16 bits per heavy atom. The van der Waals surface area contributed by atoms with Gasteiger partial charge in [0.25, 0.3) is 0 Å². The third-order valence-electron chi connectivity index (χ3n) is 4.10. The van der Waals surface area contributed by atoms with Crippen molar-refractivity contribution in [3.63, 3.8) is 0 Å². The minimum atomic E-state index is -0.467. The number of unbranched alkanes of at least 4 members (excludes halogenated alkanes) is 1. The number of nitrogens with two attached hydrogens (primary N) is 1. The summed E-state index contributed by atoms with van der Waals surface area (Å²) in [5.74, 6) is -0.240. The summed E-state index contributed by atoms with van der Waals surface area (Å²) in [6.07, 6.45) is 9.46. The third kappa shape index (κ3) is 5.48. The van der Waals surface area contributed by atoms with E-state index in [4.69, 9.17) is 10.5 Å². The van der Waals surface area contributed by atoms with Crippen LogP contribution < -0.4 is 5.73 Å². The summed E-state index contributed by atoms with van der Waals surface area (Å²) >= 11 is 0. The van der Waals surface area contributed by atoms with Gasteiger partial charge in [-0.25, -0.2) is 0 Å². The quantitative estimate of drug-likeness (QED) is 0.720. The van der Waals surface area contributed by atoms with E-state index < -0.39 is 11.8 Å². The van der Waals surface area contributed by atoms with E-state index in [1.165, 1.54) is 0 Å². The Labute approximate surface area is 150 Å². The van der Waals surface area contributed by atoms with Crippen molar-refractivity contribution in [2.45, 2.75) is 53.4 Å². The number of carbonyl (C=O) groups is 2. The lowest BCUT2D eigenvalue weighted by molar-refractivity contribution is -0.126. The Morgan fingerprint density at radius 1 is 1.44 bits per heavy atom. The fourth-order valence-electron chi connectivity index (χ4n) is 2.98. The average molecular weight is 345 g/mol. The number of ketones is 1. The van der Waals surface area contributed by atoms with E-state index in [0.717, 1.165) is 30.5 Å². The van der Waals surface area contributed by atoms with Crippen LogP contribution in [0.3, 0.4) is 0 Å². The van der Waals surface area contributed by atoms with Gasteiger partial charge < -0.3 is 15.4 Å². The van der Waals surface area contributed by atoms with Crippen LogP contribution in [0.25, 0.3) is 0 Å². The predicted molar refractivity (Wildman–Crippen MR) is 96.9 cm³/mol. The standard InChI is InChI=1S/C20H29N2O3/c1-5-6-7-25-18-12-22(13-20(2,3)4)11-15-9-17(23)14(8-16(15)18)10-19(21)24/h8,11,14H,5-7,9-10,13H2,1-4H3,(H2,21,24). The molecule has 1 heterocycles. The fourth-order valence-corrected chi connectivity index (χ4v) is 2.98. The molecule has 0 aromatic heterocycles. The second kappa shape index (κ2) is 7.89. The zero-order valence-electron chi connectivity index (χ0n) is 15.7. The summed E-state index contributed by atoms with van der Waals surface area (Å²) in [6.45, 7) is 9.98. The van der Waals surface area contributed by atoms with E-state index in [2.05, 4.69) is 33.9 Å². The molecule has 1 aliphatic carbocycles. The van der Waals surface area contributed by atoms with Gasteiger partial charge in [-0.05, 0) is 17.4 Å². The lowest BCUT2D eigenvalue weighted by Gasteiger charge is -2.33. The molecule has 1 aliphatic heterocycles. The molecule has 1 radical (unpaired) electrons. The van der Waals surface area contributed by atoms with E-state index in [0.29, 0.717) is 18.8 Å². The molecular formula is C20H29N2O3. The Morgan fingerprint density at radius 3 is 2.76 bits per heavy atom. The lowest BCUT2D eigenvalue weighted by Crippen LogP contribution is -2.31. The van der Waals surface area contributed by atoms with Crippen LogP contribution in [0.1, 0.15) is 53.4 Å². The molecule has 5 heteroatoms. The molecule has 25 heavy (non-hydrogen) atoms. The van der Waals surface area contributed by atoms with Gasteiger partial charge in [0.2, 0.25) is 5.91 Å². The number of nitrogens with zero attached hydrogens (tertiary/aromatic N) is 1. The van der Waals surface area contributed by atoms with Crippen LogP contribution in [0, 0.1) is 17.5 Å². The van der Waals surface area contributed by atoms with E-state index >= 15 is 0 Å². The Kier molecular flexibility index (Phi) is 6.09. The minimum absolute atomic E-state index is 0.0271. The van der Waals surface area contributed by atoms with Crippen LogP contribution in [0.2, 0.25) is 0 Å². The number of amides is 1. The van der Waals surface area contributed by atoms with Crippen LogP contribution in [0.5, 0.6) is 0 Å². The molecule has 2 rings (SSSR count). The van der Waals surface area contributed by atoms with Gasteiger partial charge in [-0.2, -0.15) is 0 Å². The number of carbonyl (C=O) groups excluding carboxylic acids is 2. The molecule has 2 N–H and O–H groups in total. The van der Waals surface area contributed by atoms with Gasteiger partial charge in [0.05, 0.1) is 6.61 Å². The summed E-state index contributed by atoms with van der Waals surface area (Å²) in [6, 6.07) is 0. The normalized spacial score (nSPS) is 20.5. The second-order valence-electron chi connectivity index (χ2n) is 7.99. The molecule has 0 spiro atoms. The van der Waals surface area contributed by atoms with E-state index in [9.17, 15) is 9.59 Å². The third-order valence-corrected chi connectivity index (χ3v) is 4.10. The molecule has 0 fully saturated rings. The molecule has 1 amide bonds. The molecule has 2 aliphatic rings. The predicted octanol–water partition coefficient (Wildman–Crippen LogP) is 3.08. The van der Waals surface area contributed by atoms with Gasteiger partial charge in [-0.15, -0.1) is 0 Å². The smallest absolute Gasteiger partial charge is 0.218 e. The second-order valence-corrected chi connectivity index (χ2v) is 7.99. The van der Waals surface area contributed by atoms with E-state index in [1.54, 1.807) is 0 Å². The molecule has 0 aromatic rings. The monoisotopic (exact) mass is 345 g/mol. The lowest BCUT2D eigenvalue weighted by atomic mass is 9.82. The number of fused-ring (bicyclic) bond motifs is 1. The molecule has 1 unspecified atom stereocenters. The van der Waals surface area contributed by atoms with Crippen molar-refractivity contribution >= 4 is 11.7 Å². The first kappa shape index (κ1) is 19.3. The van der Waals surface area contributed by atoms with Crippen molar-refractivity contribution in [3.05, 3.63) is 35.4 Å². The van der Waals surface area contributed by atoms with Gasteiger partial charge in [0.15, 0.2) is 5.76 Å². The molecule has 0 aromatic carbocycles. The number of rotatable bonds is 7. The first-order valence-electron chi connectivity index (χ1n) is 8.97. The van der Waals surface area contributed by atoms with Crippen LogP contribution in [-0.4, -0.2) is 29.7 Å². The van der Waals surface area contributed by atoms with Crippen LogP contribution in [0.4, 0.5) is 0 Å². The number of hydrogen-bond acceptors (Lipinski definition) is 4. The molecular weight excluding hydrogens is 316 g/mol. The summed E-state index contributed by atoms with van der Waals surface area (Å²) in [7, 11) is 0. The molecule has 0 saturated heterocycles. The van der Waals surface area contributed by atoms with Crippen LogP contribution in [0.15, 0.2) is 29.2 Å². The zero-order chi connectivity index (χ0) is 18.6. The summed E-state index contributed by atoms with van der Waals surface area (Å²) in [5.41, 5.74) is 7.18. The minimum Gasteiger partial charge on any atom is -0.491 e. The molecule has 0 saturated carbocycles. The number of Topliss-reactive ketones (excluding diaryl/α,β-unsaturated/α-hetero) is 1. The van der Waals surface area contributed by atoms with E-state index in [1.807, 2.05) is 17.2 Å². The highest BCUT2D eigenvalue weighted by Gasteiger charge is 2.32. The first-order valence-corrected chi connectivity index (χ1v) is 8.97. The molecule has 1 atom stereocenters. The first-order chi connectivity index (χ1) is 11.7. The maximum absolute atomic E-state index is 12.4. The van der Waals surface area contributed by atoms with Crippen molar-refractivity contribution < 1.29 is 14.3 Å². The topological polar surface area (TPSA) is 72.6 Å². The van der Waals surface area contributed by atoms with Crippen molar-refractivity contribution in [2.75, 3.05) is 13.2 Å². The van der Waals surface area contributed by atoms with Gasteiger partial charge in [-0.3, -0.25) is 9.59 Å². The average Bonchev–Trinajstić information content (AvgIpc) is 2.46. The number of allylic oxidation sites excluding steroid dienone is 2. The number of primary amides is 1. The van der Waals surface area contributed by atoms with Crippen LogP contribution in [-0.2, 0) is 14.3 Å². The number of ether oxygens (including phenoxy) is 1. The van der Waals surface area contributed by atoms with E-state index in [-0.39, 0.29) is 17.6 Å². The van der Waals surface area contributed by atoms with Crippen molar-refractivity contribution in [1.29, 1.82) is 0 Å². The molecule has 5 nitrogen and oxygen atoms in total. The maximum Gasteiger partial charge on any atom is 0.218 e. The van der Waals surface area contributed by atoms with Crippen molar-refractivity contribution in [3.8, 4) is 0 Å².